The van der Waals surface area contributed by atoms with Gasteiger partial charge in [0.2, 0.25) is 0 Å². The number of fused-ring (bicyclic) bond motifs is 8. The summed E-state index contributed by atoms with van der Waals surface area (Å²) in [5.41, 5.74) is 7.77. The minimum atomic E-state index is 0.887. The molecule has 0 atom stereocenters. The van der Waals surface area contributed by atoms with Crippen LogP contribution in [0.15, 0.2) is 146 Å². The zero-order valence-corrected chi connectivity index (χ0v) is 22.6. The lowest BCUT2D eigenvalue weighted by Crippen LogP contribution is -1.99. The van der Waals surface area contributed by atoms with Gasteiger partial charge in [0.05, 0.1) is 27.8 Å². The number of hydrogen-bond donors (Lipinski definition) is 0. The second kappa shape index (κ2) is 8.88. The quantitative estimate of drug-likeness (QED) is 0.225. The highest BCUT2D eigenvalue weighted by Gasteiger charge is 2.20. The highest BCUT2D eigenvalue weighted by atomic mass is 15.1. The number of para-hydroxylation sites is 3. The SMILES string of the molecule is c1ccc(-n2c3ccccc3c3c4c5ccccc5n(-c5cccc(-c6cncc7ccccc67)n5)c4ccc32)cc1. The molecular formula is C38H24N4. The van der Waals surface area contributed by atoms with Crippen LogP contribution < -0.4 is 0 Å². The Hall–Kier alpha value is -5.74. The summed E-state index contributed by atoms with van der Waals surface area (Å²) in [6.45, 7) is 0. The van der Waals surface area contributed by atoms with Crippen LogP contribution in [0, 0.1) is 0 Å². The molecule has 0 aliphatic rings. The molecule has 0 saturated carbocycles. The highest BCUT2D eigenvalue weighted by molar-refractivity contribution is 6.28. The average molecular weight is 537 g/mol. The van der Waals surface area contributed by atoms with Crippen LogP contribution in [0.25, 0.3) is 77.1 Å². The zero-order chi connectivity index (χ0) is 27.6. The Kier molecular flexibility index (Phi) is 4.87. The van der Waals surface area contributed by atoms with Crippen molar-refractivity contribution < 1.29 is 0 Å². The molecule has 4 nitrogen and oxygen atoms in total. The minimum absolute atomic E-state index is 0.887. The Morgan fingerprint density at radius 3 is 1.81 bits per heavy atom. The summed E-state index contributed by atoms with van der Waals surface area (Å²) in [5.74, 6) is 0.887. The zero-order valence-electron chi connectivity index (χ0n) is 22.6. The van der Waals surface area contributed by atoms with Gasteiger partial charge in [0, 0.05) is 50.6 Å². The third kappa shape index (κ3) is 3.23. The van der Waals surface area contributed by atoms with E-state index in [1.807, 2.05) is 18.5 Å². The first-order valence-corrected chi connectivity index (χ1v) is 14.2. The lowest BCUT2D eigenvalue weighted by Gasteiger charge is -2.11. The van der Waals surface area contributed by atoms with Gasteiger partial charge in [0.1, 0.15) is 5.82 Å². The van der Waals surface area contributed by atoms with Crippen molar-refractivity contribution in [3.63, 3.8) is 0 Å². The normalized spacial score (nSPS) is 11.8. The van der Waals surface area contributed by atoms with Gasteiger partial charge in [0.15, 0.2) is 0 Å². The predicted molar refractivity (Wildman–Crippen MR) is 174 cm³/mol. The van der Waals surface area contributed by atoms with Crippen molar-refractivity contribution in [1.82, 2.24) is 19.1 Å². The Balaban J connectivity index is 1.38. The predicted octanol–water partition coefficient (Wildman–Crippen LogP) is 9.49. The fourth-order valence-electron chi connectivity index (χ4n) is 6.64. The van der Waals surface area contributed by atoms with E-state index in [1.54, 1.807) is 0 Å². The largest absolute Gasteiger partial charge is 0.309 e. The van der Waals surface area contributed by atoms with Crippen LogP contribution in [-0.4, -0.2) is 19.1 Å². The number of benzene rings is 5. The molecule has 0 amide bonds. The summed E-state index contributed by atoms with van der Waals surface area (Å²) >= 11 is 0. The van der Waals surface area contributed by atoms with Crippen molar-refractivity contribution in [2.24, 2.45) is 0 Å². The second-order valence-electron chi connectivity index (χ2n) is 10.7. The molecule has 0 unspecified atom stereocenters. The number of rotatable bonds is 3. The van der Waals surface area contributed by atoms with E-state index in [0.29, 0.717) is 0 Å². The molecule has 0 saturated heterocycles. The van der Waals surface area contributed by atoms with E-state index in [4.69, 9.17) is 4.98 Å². The fraction of sp³-hybridized carbons (Fsp3) is 0. The van der Waals surface area contributed by atoms with E-state index in [9.17, 15) is 0 Å². The van der Waals surface area contributed by atoms with Gasteiger partial charge < -0.3 is 4.57 Å². The van der Waals surface area contributed by atoms with Gasteiger partial charge in [-0.15, -0.1) is 0 Å². The van der Waals surface area contributed by atoms with E-state index in [1.165, 1.54) is 32.6 Å². The molecule has 0 aliphatic heterocycles. The maximum atomic E-state index is 5.25. The molecule has 0 fully saturated rings. The molecule has 4 heterocycles. The van der Waals surface area contributed by atoms with Crippen LogP contribution in [0.3, 0.4) is 0 Å². The standard InChI is InChI=1S/C38H24N4/c1-2-12-26(13-3-1)41-32-18-8-6-15-28(32)37-34(41)21-22-35-38(37)29-16-7-9-19-33(29)42(35)36-20-10-17-31(40-36)30-24-39-23-25-11-4-5-14-27(25)30/h1-24H. The summed E-state index contributed by atoms with van der Waals surface area (Å²) < 4.78 is 4.68. The van der Waals surface area contributed by atoms with E-state index >= 15 is 0 Å². The van der Waals surface area contributed by atoms with Crippen molar-refractivity contribution in [1.29, 1.82) is 0 Å². The first-order chi connectivity index (χ1) is 20.9. The van der Waals surface area contributed by atoms with Crippen molar-refractivity contribution >= 4 is 54.4 Å². The minimum Gasteiger partial charge on any atom is -0.309 e. The van der Waals surface area contributed by atoms with E-state index in [2.05, 4.69) is 142 Å². The van der Waals surface area contributed by atoms with Crippen molar-refractivity contribution in [2.75, 3.05) is 0 Å². The van der Waals surface area contributed by atoms with Gasteiger partial charge in [-0.3, -0.25) is 9.55 Å². The lowest BCUT2D eigenvalue weighted by atomic mass is 10.1. The van der Waals surface area contributed by atoms with Crippen LogP contribution in [0.1, 0.15) is 0 Å². The molecule has 196 valence electrons. The molecule has 4 aromatic heterocycles. The fourth-order valence-corrected chi connectivity index (χ4v) is 6.64. The monoisotopic (exact) mass is 536 g/mol. The molecule has 42 heavy (non-hydrogen) atoms. The summed E-state index contributed by atoms with van der Waals surface area (Å²) in [7, 11) is 0. The molecule has 0 N–H and O–H groups in total. The first-order valence-electron chi connectivity index (χ1n) is 14.2. The summed E-state index contributed by atoms with van der Waals surface area (Å²) in [5, 5.41) is 7.22. The lowest BCUT2D eigenvalue weighted by molar-refractivity contribution is 1.08. The summed E-state index contributed by atoms with van der Waals surface area (Å²) in [4.78, 5) is 9.77. The van der Waals surface area contributed by atoms with Crippen molar-refractivity contribution in [3.05, 3.63) is 146 Å². The Labute approximate surface area is 241 Å². The number of pyridine rings is 2. The van der Waals surface area contributed by atoms with Gasteiger partial charge in [-0.2, -0.15) is 0 Å². The number of aromatic nitrogens is 4. The highest BCUT2D eigenvalue weighted by Crippen LogP contribution is 2.42. The summed E-state index contributed by atoms with van der Waals surface area (Å²) in [6.07, 6.45) is 3.83. The van der Waals surface area contributed by atoms with Gasteiger partial charge in [-0.25, -0.2) is 4.98 Å². The Bertz CT molecular complexity index is 2460. The molecule has 4 heteroatoms. The second-order valence-corrected chi connectivity index (χ2v) is 10.7. The third-order valence-corrected chi connectivity index (χ3v) is 8.39. The summed E-state index contributed by atoms with van der Waals surface area (Å²) in [6, 6.07) is 47.2. The Morgan fingerprint density at radius 2 is 1.05 bits per heavy atom. The van der Waals surface area contributed by atoms with Crippen LogP contribution in [0.2, 0.25) is 0 Å². The number of hydrogen-bond acceptors (Lipinski definition) is 2. The smallest absolute Gasteiger partial charge is 0.138 e. The van der Waals surface area contributed by atoms with Gasteiger partial charge in [0.25, 0.3) is 0 Å². The van der Waals surface area contributed by atoms with E-state index in [-0.39, 0.29) is 0 Å². The third-order valence-electron chi connectivity index (χ3n) is 8.39. The van der Waals surface area contributed by atoms with Gasteiger partial charge in [-0.05, 0) is 53.9 Å². The van der Waals surface area contributed by atoms with Crippen molar-refractivity contribution in [2.45, 2.75) is 0 Å². The maximum Gasteiger partial charge on any atom is 0.138 e. The molecule has 0 bridgehead atoms. The van der Waals surface area contributed by atoms with Gasteiger partial charge in [-0.1, -0.05) is 84.9 Å². The van der Waals surface area contributed by atoms with Crippen molar-refractivity contribution in [3.8, 4) is 22.8 Å². The molecule has 0 spiro atoms. The van der Waals surface area contributed by atoms with Crippen LogP contribution in [-0.2, 0) is 0 Å². The van der Waals surface area contributed by atoms with Gasteiger partial charge >= 0.3 is 0 Å². The first kappa shape index (κ1) is 23.0. The van der Waals surface area contributed by atoms with Crippen LogP contribution in [0.5, 0.6) is 0 Å². The Morgan fingerprint density at radius 1 is 0.429 bits per heavy atom. The molecule has 9 rings (SSSR count). The topological polar surface area (TPSA) is 35.6 Å². The van der Waals surface area contributed by atoms with E-state index in [0.717, 1.165) is 44.6 Å². The van der Waals surface area contributed by atoms with Crippen LogP contribution >= 0.6 is 0 Å². The maximum absolute atomic E-state index is 5.25. The van der Waals surface area contributed by atoms with Crippen LogP contribution in [0.4, 0.5) is 0 Å². The molecule has 9 aromatic rings. The average Bonchev–Trinajstić information content (AvgIpc) is 3.58. The molecular weight excluding hydrogens is 512 g/mol. The molecule has 5 aromatic carbocycles. The number of nitrogens with zero attached hydrogens (tertiary/aromatic N) is 4. The van der Waals surface area contributed by atoms with E-state index < -0.39 is 0 Å². The molecule has 0 radical (unpaired) electrons. The molecule has 0 aliphatic carbocycles.